The van der Waals surface area contributed by atoms with E-state index in [0.717, 1.165) is 0 Å². The van der Waals surface area contributed by atoms with Gasteiger partial charge in [0.05, 0.1) is 0 Å². The van der Waals surface area contributed by atoms with E-state index in [1.54, 1.807) is 6.92 Å². The van der Waals surface area contributed by atoms with Gasteiger partial charge >= 0.3 is 0 Å². The van der Waals surface area contributed by atoms with Crippen LogP contribution in [0.15, 0.2) is 12.1 Å². The van der Waals surface area contributed by atoms with Crippen LogP contribution in [0.1, 0.15) is 30.9 Å². The third-order valence-electron chi connectivity index (χ3n) is 3.52. The Hall–Kier alpha value is -0.960. The monoisotopic (exact) mass is 211 g/mol. The second-order valence-electron chi connectivity index (χ2n) is 4.95. The third kappa shape index (κ3) is 1.46. The predicted molar refractivity (Wildman–Crippen MR) is 55.6 cm³/mol. The van der Waals surface area contributed by atoms with E-state index in [1.807, 2.05) is 13.8 Å². The summed E-state index contributed by atoms with van der Waals surface area (Å²) in [5.74, 6) is -0.770. The van der Waals surface area contributed by atoms with Crippen molar-refractivity contribution in [2.75, 3.05) is 0 Å². The van der Waals surface area contributed by atoms with Crippen LogP contribution in [0.4, 0.5) is 8.78 Å². The summed E-state index contributed by atoms with van der Waals surface area (Å²) in [5, 5.41) is 0. The maximum Gasteiger partial charge on any atom is 0.127 e. The fraction of sp³-hybridized carbons (Fsp3) is 0.500. The molecule has 2 atom stereocenters. The van der Waals surface area contributed by atoms with E-state index in [2.05, 4.69) is 0 Å². The van der Waals surface area contributed by atoms with E-state index in [-0.39, 0.29) is 29.0 Å². The Kier molecular flexibility index (Phi) is 2.12. The van der Waals surface area contributed by atoms with Crippen LogP contribution in [0.5, 0.6) is 0 Å². The molecule has 0 spiro atoms. The number of rotatable bonds is 1. The molecule has 0 aliphatic heterocycles. The summed E-state index contributed by atoms with van der Waals surface area (Å²) in [6.45, 7) is 5.50. The van der Waals surface area contributed by atoms with Gasteiger partial charge in [0.1, 0.15) is 11.6 Å². The second-order valence-corrected chi connectivity index (χ2v) is 4.95. The average Bonchev–Trinajstić information content (AvgIpc) is 2.60. The molecule has 1 nitrogen and oxygen atoms in total. The zero-order valence-corrected chi connectivity index (χ0v) is 9.14. The molecule has 1 aromatic carbocycles. The quantitative estimate of drug-likeness (QED) is 0.759. The molecule has 2 N–H and O–H groups in total. The van der Waals surface area contributed by atoms with Gasteiger partial charge in [-0.2, -0.15) is 0 Å². The van der Waals surface area contributed by atoms with Gasteiger partial charge < -0.3 is 5.73 Å². The molecule has 82 valence electrons. The number of benzene rings is 1. The maximum atomic E-state index is 13.6. The fourth-order valence-corrected chi connectivity index (χ4v) is 2.17. The molecule has 0 heterocycles. The standard InChI is InChI=1S/C12H15F2N/c1-6-4-9(14)7(5-8(6)13)10-11(15)12(10,2)3/h4-5,10-11H,15H2,1-3H3/t10-,11-/m1/s1. The summed E-state index contributed by atoms with van der Waals surface area (Å²) in [4.78, 5) is 0. The lowest BCUT2D eigenvalue weighted by atomic mass is 10.0. The number of aryl methyl sites for hydroxylation is 1. The molecular formula is C12H15F2N. The summed E-state index contributed by atoms with van der Waals surface area (Å²) in [6.07, 6.45) is 0. The van der Waals surface area contributed by atoms with Crippen molar-refractivity contribution in [3.8, 4) is 0 Å². The summed E-state index contributed by atoms with van der Waals surface area (Å²) in [5.41, 5.74) is 6.47. The predicted octanol–water partition coefficient (Wildman–Crippen LogP) is 2.72. The smallest absolute Gasteiger partial charge is 0.127 e. The van der Waals surface area contributed by atoms with Gasteiger partial charge in [0.15, 0.2) is 0 Å². The zero-order chi connectivity index (χ0) is 11.4. The summed E-state index contributed by atoms with van der Waals surface area (Å²) < 4.78 is 26.9. The lowest BCUT2D eigenvalue weighted by molar-refractivity contribution is 0.556. The van der Waals surface area contributed by atoms with Gasteiger partial charge in [-0.1, -0.05) is 13.8 Å². The van der Waals surface area contributed by atoms with Crippen LogP contribution in [0.2, 0.25) is 0 Å². The molecule has 3 heteroatoms. The lowest BCUT2D eigenvalue weighted by Crippen LogP contribution is -2.06. The van der Waals surface area contributed by atoms with E-state index in [4.69, 9.17) is 5.73 Å². The molecule has 0 aromatic heterocycles. The van der Waals surface area contributed by atoms with E-state index < -0.39 is 0 Å². The van der Waals surface area contributed by atoms with Gasteiger partial charge in [0.25, 0.3) is 0 Å². The van der Waals surface area contributed by atoms with Crippen molar-refractivity contribution in [3.63, 3.8) is 0 Å². The van der Waals surface area contributed by atoms with Crippen LogP contribution in [-0.4, -0.2) is 6.04 Å². The molecule has 0 saturated heterocycles. The molecule has 0 radical (unpaired) electrons. The minimum absolute atomic E-state index is 0.0624. The van der Waals surface area contributed by atoms with Crippen molar-refractivity contribution in [3.05, 3.63) is 34.9 Å². The first-order chi connectivity index (χ1) is 6.85. The largest absolute Gasteiger partial charge is 0.327 e. The zero-order valence-electron chi connectivity index (χ0n) is 9.14. The average molecular weight is 211 g/mol. The molecular weight excluding hydrogens is 196 g/mol. The van der Waals surface area contributed by atoms with Crippen molar-refractivity contribution in [2.45, 2.75) is 32.7 Å². The van der Waals surface area contributed by atoms with Crippen LogP contribution in [0.3, 0.4) is 0 Å². The van der Waals surface area contributed by atoms with Gasteiger partial charge in [0.2, 0.25) is 0 Å². The molecule has 1 aliphatic carbocycles. The highest BCUT2D eigenvalue weighted by molar-refractivity contribution is 5.37. The Morgan fingerprint density at radius 1 is 1.20 bits per heavy atom. The van der Waals surface area contributed by atoms with E-state index in [9.17, 15) is 8.78 Å². The van der Waals surface area contributed by atoms with E-state index in [1.165, 1.54) is 12.1 Å². The summed E-state index contributed by atoms with van der Waals surface area (Å²) >= 11 is 0. The van der Waals surface area contributed by atoms with Gasteiger partial charge in [-0.05, 0) is 35.6 Å². The van der Waals surface area contributed by atoms with Gasteiger partial charge in [-0.3, -0.25) is 0 Å². The summed E-state index contributed by atoms with van der Waals surface area (Å²) in [6, 6.07) is 2.45. The molecule has 15 heavy (non-hydrogen) atoms. The van der Waals surface area contributed by atoms with Crippen molar-refractivity contribution in [2.24, 2.45) is 11.1 Å². The number of halogens is 2. The Morgan fingerprint density at radius 2 is 1.73 bits per heavy atom. The fourth-order valence-electron chi connectivity index (χ4n) is 2.17. The SMILES string of the molecule is Cc1cc(F)c([C@@H]2[C@@H](N)C2(C)C)cc1F. The molecule has 0 bridgehead atoms. The van der Waals surface area contributed by atoms with Crippen molar-refractivity contribution >= 4 is 0 Å². The molecule has 1 saturated carbocycles. The summed E-state index contributed by atoms with van der Waals surface area (Å²) in [7, 11) is 0. The Balaban J connectivity index is 2.43. The highest BCUT2D eigenvalue weighted by atomic mass is 19.1. The van der Waals surface area contributed by atoms with Crippen LogP contribution >= 0.6 is 0 Å². The highest BCUT2D eigenvalue weighted by Gasteiger charge is 2.57. The maximum absolute atomic E-state index is 13.6. The number of hydrogen-bond donors (Lipinski definition) is 1. The first kappa shape index (κ1) is 10.6. The van der Waals surface area contributed by atoms with Crippen LogP contribution in [0.25, 0.3) is 0 Å². The molecule has 2 rings (SSSR count). The minimum atomic E-state index is -0.360. The van der Waals surface area contributed by atoms with Crippen LogP contribution < -0.4 is 5.73 Å². The van der Waals surface area contributed by atoms with E-state index >= 15 is 0 Å². The lowest BCUT2D eigenvalue weighted by Gasteiger charge is -2.06. The van der Waals surface area contributed by atoms with Gasteiger partial charge in [0, 0.05) is 12.0 Å². The van der Waals surface area contributed by atoms with Crippen molar-refractivity contribution in [1.29, 1.82) is 0 Å². The van der Waals surface area contributed by atoms with Crippen molar-refractivity contribution < 1.29 is 8.78 Å². The molecule has 0 unspecified atom stereocenters. The van der Waals surface area contributed by atoms with Crippen LogP contribution in [-0.2, 0) is 0 Å². The highest BCUT2D eigenvalue weighted by Crippen LogP contribution is 2.57. The van der Waals surface area contributed by atoms with Crippen LogP contribution in [0, 0.1) is 24.0 Å². The van der Waals surface area contributed by atoms with Gasteiger partial charge in [-0.15, -0.1) is 0 Å². The van der Waals surface area contributed by atoms with Gasteiger partial charge in [-0.25, -0.2) is 8.78 Å². The molecule has 1 aliphatic rings. The minimum Gasteiger partial charge on any atom is -0.327 e. The molecule has 1 aromatic rings. The number of nitrogens with two attached hydrogens (primary N) is 1. The Morgan fingerprint density at radius 3 is 2.20 bits per heavy atom. The van der Waals surface area contributed by atoms with E-state index in [0.29, 0.717) is 11.1 Å². The number of hydrogen-bond acceptors (Lipinski definition) is 1. The first-order valence-electron chi connectivity index (χ1n) is 5.07. The van der Waals surface area contributed by atoms with Crippen molar-refractivity contribution in [1.82, 2.24) is 0 Å². The topological polar surface area (TPSA) is 26.0 Å². The molecule has 0 amide bonds. The molecule has 1 fully saturated rings. The normalized spacial score (nSPS) is 27.9. The third-order valence-corrected chi connectivity index (χ3v) is 3.52. The second kappa shape index (κ2) is 3.01. The first-order valence-corrected chi connectivity index (χ1v) is 5.07. The Labute approximate surface area is 88.3 Å². The Bertz CT molecular complexity index is 412.